The molecule has 1 aliphatic rings. The Morgan fingerprint density at radius 3 is 2.61 bits per heavy atom. The fourth-order valence-electron chi connectivity index (χ4n) is 2.93. The molecule has 2 heterocycles. The summed E-state index contributed by atoms with van der Waals surface area (Å²) in [4.78, 5) is 15.6. The number of piperidine rings is 1. The highest BCUT2D eigenvalue weighted by Crippen LogP contribution is 2.16. The van der Waals surface area contributed by atoms with Gasteiger partial charge < -0.3 is 5.32 Å². The molecule has 0 radical (unpaired) electrons. The van der Waals surface area contributed by atoms with Gasteiger partial charge in [0.2, 0.25) is 5.91 Å². The molecule has 1 amide bonds. The summed E-state index contributed by atoms with van der Waals surface area (Å²) in [5.41, 5.74) is 1.29. The van der Waals surface area contributed by atoms with E-state index in [4.69, 9.17) is 11.6 Å². The van der Waals surface area contributed by atoms with Gasteiger partial charge in [-0.05, 0) is 42.0 Å². The molecule has 1 aromatic carbocycles. The Morgan fingerprint density at radius 2 is 1.96 bits per heavy atom. The van der Waals surface area contributed by atoms with E-state index in [0.717, 1.165) is 42.4 Å². The Bertz CT molecular complexity index is 619. The molecule has 1 fully saturated rings. The van der Waals surface area contributed by atoms with Gasteiger partial charge in [0.1, 0.15) is 0 Å². The molecule has 0 spiro atoms. The topological polar surface area (TPSA) is 32.3 Å². The van der Waals surface area contributed by atoms with Crippen molar-refractivity contribution in [2.24, 2.45) is 0 Å². The summed E-state index contributed by atoms with van der Waals surface area (Å²) in [6.07, 6.45) is 2.54. The van der Waals surface area contributed by atoms with E-state index in [1.807, 2.05) is 29.6 Å². The summed E-state index contributed by atoms with van der Waals surface area (Å²) in [6.45, 7) is 2.99. The molecule has 3 nitrogen and oxygen atoms in total. The first-order valence-electron chi connectivity index (χ1n) is 7.97. The Morgan fingerprint density at radius 1 is 1.22 bits per heavy atom. The van der Waals surface area contributed by atoms with Crippen LogP contribution >= 0.6 is 22.9 Å². The first-order valence-corrected chi connectivity index (χ1v) is 9.23. The zero-order valence-corrected chi connectivity index (χ0v) is 14.6. The molecule has 0 bridgehead atoms. The lowest BCUT2D eigenvalue weighted by molar-refractivity contribution is -0.121. The summed E-state index contributed by atoms with van der Waals surface area (Å²) in [7, 11) is 0. The standard InChI is InChI=1S/C18H21ClN2OS/c19-15-5-3-14(4-6-15)13-21-9-7-16(8-10-21)20-18(22)12-17-2-1-11-23-17/h1-6,11,16H,7-10,12-13H2,(H,20,22). The molecule has 23 heavy (non-hydrogen) atoms. The highest BCUT2D eigenvalue weighted by molar-refractivity contribution is 7.10. The second-order valence-electron chi connectivity index (χ2n) is 6.00. The van der Waals surface area contributed by atoms with Crippen LogP contribution in [-0.4, -0.2) is 29.9 Å². The summed E-state index contributed by atoms with van der Waals surface area (Å²) in [5, 5.41) is 5.96. The van der Waals surface area contributed by atoms with Gasteiger partial charge in [-0.2, -0.15) is 0 Å². The minimum Gasteiger partial charge on any atom is -0.353 e. The van der Waals surface area contributed by atoms with Crippen LogP contribution < -0.4 is 5.32 Å². The van der Waals surface area contributed by atoms with Crippen LogP contribution in [0.15, 0.2) is 41.8 Å². The third-order valence-corrected chi connectivity index (χ3v) is 5.32. The molecule has 3 rings (SSSR count). The van der Waals surface area contributed by atoms with Crippen LogP contribution in [-0.2, 0) is 17.8 Å². The van der Waals surface area contributed by atoms with E-state index in [1.54, 1.807) is 11.3 Å². The molecule has 2 aromatic rings. The molecule has 122 valence electrons. The number of hydrogen-bond acceptors (Lipinski definition) is 3. The zero-order valence-electron chi connectivity index (χ0n) is 13.0. The maximum absolute atomic E-state index is 12.1. The molecular weight excluding hydrogens is 328 g/mol. The summed E-state index contributed by atoms with van der Waals surface area (Å²) in [5.74, 6) is 0.142. The fraction of sp³-hybridized carbons (Fsp3) is 0.389. The number of benzene rings is 1. The average molecular weight is 349 g/mol. The lowest BCUT2D eigenvalue weighted by Gasteiger charge is -2.32. The van der Waals surface area contributed by atoms with Crippen LogP contribution in [0.25, 0.3) is 0 Å². The molecule has 5 heteroatoms. The van der Waals surface area contributed by atoms with Crippen molar-refractivity contribution in [3.8, 4) is 0 Å². The number of amides is 1. The summed E-state index contributed by atoms with van der Waals surface area (Å²) in [6, 6.07) is 12.3. The third-order valence-electron chi connectivity index (χ3n) is 4.19. The van der Waals surface area contributed by atoms with Crippen molar-refractivity contribution >= 4 is 28.8 Å². The van der Waals surface area contributed by atoms with E-state index in [9.17, 15) is 4.79 Å². The molecular formula is C18H21ClN2OS. The van der Waals surface area contributed by atoms with Crippen LogP contribution in [0.5, 0.6) is 0 Å². The smallest absolute Gasteiger partial charge is 0.225 e. The first-order chi connectivity index (χ1) is 11.2. The summed E-state index contributed by atoms with van der Waals surface area (Å²) < 4.78 is 0. The van der Waals surface area contributed by atoms with E-state index in [2.05, 4.69) is 22.3 Å². The van der Waals surface area contributed by atoms with E-state index in [1.165, 1.54) is 5.56 Å². The van der Waals surface area contributed by atoms with Crippen molar-refractivity contribution in [1.82, 2.24) is 10.2 Å². The van der Waals surface area contributed by atoms with Gasteiger partial charge in [-0.1, -0.05) is 29.8 Å². The Hall–Kier alpha value is -1.36. The van der Waals surface area contributed by atoms with Gasteiger partial charge in [0, 0.05) is 35.6 Å². The maximum Gasteiger partial charge on any atom is 0.225 e. The molecule has 1 aromatic heterocycles. The predicted molar refractivity (Wildman–Crippen MR) is 95.9 cm³/mol. The van der Waals surface area contributed by atoms with E-state index in [-0.39, 0.29) is 5.91 Å². The second kappa shape index (κ2) is 7.95. The van der Waals surface area contributed by atoms with Crippen molar-refractivity contribution in [2.75, 3.05) is 13.1 Å². The highest BCUT2D eigenvalue weighted by Gasteiger charge is 2.20. The zero-order chi connectivity index (χ0) is 16.1. The van der Waals surface area contributed by atoms with Crippen LogP contribution in [0.1, 0.15) is 23.3 Å². The van der Waals surface area contributed by atoms with Crippen molar-refractivity contribution in [2.45, 2.75) is 31.8 Å². The molecule has 1 saturated heterocycles. The highest BCUT2D eigenvalue weighted by atomic mass is 35.5. The Balaban J connectivity index is 1.41. The predicted octanol–water partition coefficient (Wildman–Crippen LogP) is 3.72. The van der Waals surface area contributed by atoms with Crippen molar-refractivity contribution in [1.29, 1.82) is 0 Å². The first kappa shape index (κ1) is 16.5. The van der Waals surface area contributed by atoms with Crippen LogP contribution in [0.2, 0.25) is 5.02 Å². The van der Waals surface area contributed by atoms with Gasteiger partial charge >= 0.3 is 0 Å². The number of halogens is 1. The van der Waals surface area contributed by atoms with Crippen LogP contribution in [0.3, 0.4) is 0 Å². The quantitative estimate of drug-likeness (QED) is 0.893. The number of hydrogen-bond donors (Lipinski definition) is 1. The van der Waals surface area contributed by atoms with Crippen molar-refractivity contribution in [3.63, 3.8) is 0 Å². The lowest BCUT2D eigenvalue weighted by atomic mass is 10.0. The van der Waals surface area contributed by atoms with Gasteiger partial charge in [-0.15, -0.1) is 11.3 Å². The molecule has 1 aliphatic heterocycles. The molecule has 0 saturated carbocycles. The van der Waals surface area contributed by atoms with Crippen molar-refractivity contribution < 1.29 is 4.79 Å². The normalized spacial score (nSPS) is 16.4. The number of nitrogens with one attached hydrogen (secondary N) is 1. The number of rotatable bonds is 5. The monoisotopic (exact) mass is 348 g/mol. The molecule has 0 atom stereocenters. The van der Waals surface area contributed by atoms with Gasteiger partial charge in [0.15, 0.2) is 0 Å². The lowest BCUT2D eigenvalue weighted by Crippen LogP contribution is -2.44. The van der Waals surface area contributed by atoms with Gasteiger partial charge in [0.05, 0.1) is 6.42 Å². The summed E-state index contributed by atoms with van der Waals surface area (Å²) >= 11 is 7.56. The van der Waals surface area contributed by atoms with E-state index >= 15 is 0 Å². The van der Waals surface area contributed by atoms with Crippen molar-refractivity contribution in [3.05, 3.63) is 57.2 Å². The second-order valence-corrected chi connectivity index (χ2v) is 7.47. The van der Waals surface area contributed by atoms with Gasteiger partial charge in [0.25, 0.3) is 0 Å². The van der Waals surface area contributed by atoms with Crippen LogP contribution in [0, 0.1) is 0 Å². The number of carbonyl (C=O) groups excluding carboxylic acids is 1. The number of carbonyl (C=O) groups is 1. The average Bonchev–Trinajstić information content (AvgIpc) is 3.04. The van der Waals surface area contributed by atoms with Crippen LogP contribution in [0.4, 0.5) is 0 Å². The van der Waals surface area contributed by atoms with E-state index < -0.39 is 0 Å². The number of likely N-dealkylation sites (tertiary alicyclic amines) is 1. The minimum absolute atomic E-state index is 0.142. The number of nitrogens with zero attached hydrogens (tertiary/aromatic N) is 1. The van der Waals surface area contributed by atoms with E-state index in [0.29, 0.717) is 12.5 Å². The molecule has 0 unspecified atom stereocenters. The maximum atomic E-state index is 12.1. The third kappa shape index (κ3) is 5.06. The Kier molecular flexibility index (Phi) is 5.70. The SMILES string of the molecule is O=C(Cc1cccs1)NC1CCN(Cc2ccc(Cl)cc2)CC1. The fourth-order valence-corrected chi connectivity index (χ4v) is 3.76. The van der Waals surface area contributed by atoms with Gasteiger partial charge in [-0.3, -0.25) is 9.69 Å². The molecule has 1 N–H and O–H groups in total. The minimum atomic E-state index is 0.142. The number of thiophene rings is 1. The largest absolute Gasteiger partial charge is 0.353 e. The van der Waals surface area contributed by atoms with Gasteiger partial charge in [-0.25, -0.2) is 0 Å². The molecule has 0 aliphatic carbocycles. The Labute approximate surface area is 146 Å².